The lowest BCUT2D eigenvalue weighted by atomic mass is 10.1. The first-order valence-corrected chi connectivity index (χ1v) is 7.68. The predicted octanol–water partition coefficient (Wildman–Crippen LogP) is 3.54. The van der Waals surface area contributed by atoms with Crippen molar-refractivity contribution in [2.75, 3.05) is 7.05 Å². The van der Waals surface area contributed by atoms with Crippen LogP contribution in [0.4, 0.5) is 0 Å². The Morgan fingerprint density at radius 1 is 1.13 bits per heavy atom. The van der Waals surface area contributed by atoms with E-state index in [1.165, 1.54) is 0 Å². The lowest BCUT2D eigenvalue weighted by molar-refractivity contribution is 0.990. The second-order valence-electron chi connectivity index (χ2n) is 5.55. The molecule has 2 heteroatoms. The Bertz CT molecular complexity index is 855. The Labute approximate surface area is 140 Å². The van der Waals surface area contributed by atoms with Crippen LogP contribution in [0, 0.1) is 0 Å². The normalized spacial score (nSPS) is 13.3. The van der Waals surface area contributed by atoms with Gasteiger partial charge in [0, 0.05) is 26.1 Å². The molecule has 1 aromatic heterocycles. The molecule has 0 atom stereocenters. The van der Waals surface area contributed by atoms with Gasteiger partial charge in [-0.25, -0.2) is 0 Å². The van der Waals surface area contributed by atoms with E-state index in [1.54, 1.807) is 0 Å². The number of hydrogen-bond acceptors (Lipinski definition) is 1. The van der Waals surface area contributed by atoms with E-state index >= 15 is 0 Å². The summed E-state index contributed by atoms with van der Waals surface area (Å²) in [5, 5.41) is 5.16. The van der Waals surface area contributed by atoms with Crippen molar-refractivity contribution in [1.29, 1.82) is 0 Å². The largest absolute Gasteiger partial charge is 0.392 e. The number of para-hydroxylation sites is 1. The van der Waals surface area contributed by atoms with Gasteiger partial charge in [0.15, 0.2) is 0 Å². The van der Waals surface area contributed by atoms with Crippen LogP contribution in [-0.4, -0.2) is 11.6 Å². The molecule has 1 heterocycles. The second-order valence-corrected chi connectivity index (χ2v) is 5.55. The van der Waals surface area contributed by atoms with Crippen molar-refractivity contribution in [2.24, 2.45) is 0 Å². The number of aromatic nitrogens is 1. The molecule has 0 radical (unpaired) electrons. The second kappa shape index (κ2) is 7.50. The van der Waals surface area contributed by atoms with E-state index in [-0.39, 0.29) is 1.43 Å². The maximum Gasteiger partial charge on any atom is 0.0528 e. The zero-order chi connectivity index (χ0) is 16.8. The number of allylic oxidation sites excluding steroid dienone is 5. The summed E-state index contributed by atoms with van der Waals surface area (Å²) in [4.78, 5) is 0. The molecule has 1 aromatic carbocycles. The third-order valence-corrected chi connectivity index (χ3v) is 3.84. The summed E-state index contributed by atoms with van der Waals surface area (Å²) in [5.41, 5.74) is 4.34. The van der Waals surface area contributed by atoms with Crippen LogP contribution in [0.2, 0.25) is 0 Å². The third-order valence-electron chi connectivity index (χ3n) is 3.84. The van der Waals surface area contributed by atoms with Crippen molar-refractivity contribution >= 4 is 12.7 Å². The van der Waals surface area contributed by atoms with Crippen LogP contribution in [-0.2, 0) is 0 Å². The van der Waals surface area contributed by atoms with E-state index in [2.05, 4.69) is 60.3 Å². The molecular weight excluding hydrogens is 280 g/mol. The smallest absolute Gasteiger partial charge is 0.0528 e. The average molecular weight is 306 g/mol. The average Bonchev–Trinajstić information content (AvgIpc) is 2.93. The molecule has 23 heavy (non-hydrogen) atoms. The molecule has 0 unspecified atom stereocenters. The summed E-state index contributed by atoms with van der Waals surface area (Å²) in [7, 11) is 1.91. The molecule has 0 fully saturated rings. The molecule has 0 aliphatic heterocycles. The summed E-state index contributed by atoms with van der Waals surface area (Å²) in [6.45, 7) is 12.4. The molecule has 0 aliphatic carbocycles. The molecule has 1 N–H and O–H groups in total. The Balaban J connectivity index is 0.00000288. The first-order valence-electron chi connectivity index (χ1n) is 7.68. The summed E-state index contributed by atoms with van der Waals surface area (Å²) in [5.74, 6) is 0. The summed E-state index contributed by atoms with van der Waals surface area (Å²) < 4.78 is 2.13. The predicted molar refractivity (Wildman–Crippen MR) is 103 cm³/mol. The Hall–Kier alpha value is -2.74. The van der Waals surface area contributed by atoms with Crippen molar-refractivity contribution in [3.63, 3.8) is 0 Å². The van der Waals surface area contributed by atoms with Gasteiger partial charge in [0.2, 0.25) is 0 Å². The van der Waals surface area contributed by atoms with Crippen LogP contribution >= 0.6 is 0 Å². The highest BCUT2D eigenvalue weighted by Crippen LogP contribution is 2.09. The first-order chi connectivity index (χ1) is 11.0. The van der Waals surface area contributed by atoms with Gasteiger partial charge in [-0.1, -0.05) is 37.4 Å². The van der Waals surface area contributed by atoms with Crippen molar-refractivity contribution in [3.05, 3.63) is 88.7 Å². The van der Waals surface area contributed by atoms with E-state index < -0.39 is 0 Å². The quantitative estimate of drug-likeness (QED) is 0.836. The van der Waals surface area contributed by atoms with Gasteiger partial charge in [-0.15, -0.1) is 0 Å². The molecule has 2 aromatic rings. The molecular formula is C21H26N2. The van der Waals surface area contributed by atoms with Crippen LogP contribution in [0.3, 0.4) is 0 Å². The SMILES string of the molecule is C=C(/C=c1\c(=C)ccn1-c1ccccc1)/C(C)=C/C=C(\C)NC.[HH]. The van der Waals surface area contributed by atoms with E-state index in [9.17, 15) is 0 Å². The van der Waals surface area contributed by atoms with E-state index in [0.29, 0.717) is 0 Å². The van der Waals surface area contributed by atoms with E-state index in [1.807, 2.05) is 44.4 Å². The highest BCUT2D eigenvalue weighted by molar-refractivity contribution is 5.56. The zero-order valence-corrected chi connectivity index (χ0v) is 14.1. The van der Waals surface area contributed by atoms with E-state index in [4.69, 9.17) is 0 Å². The lowest BCUT2D eigenvalue weighted by Crippen LogP contribution is -2.27. The number of rotatable bonds is 5. The zero-order valence-electron chi connectivity index (χ0n) is 14.1. The van der Waals surface area contributed by atoms with Gasteiger partial charge in [-0.2, -0.15) is 0 Å². The van der Waals surface area contributed by atoms with Crippen LogP contribution < -0.4 is 15.9 Å². The van der Waals surface area contributed by atoms with Crippen LogP contribution in [0.1, 0.15) is 15.3 Å². The molecule has 120 valence electrons. The van der Waals surface area contributed by atoms with Crippen molar-refractivity contribution in [3.8, 4) is 5.69 Å². The third kappa shape index (κ3) is 4.13. The van der Waals surface area contributed by atoms with Crippen LogP contribution in [0.5, 0.6) is 0 Å². The first kappa shape index (κ1) is 16.6. The Kier molecular flexibility index (Phi) is 5.42. The van der Waals surface area contributed by atoms with Crippen molar-refractivity contribution in [1.82, 2.24) is 9.88 Å². The minimum absolute atomic E-state index is 0. The number of nitrogens with zero attached hydrogens (tertiary/aromatic N) is 1. The number of nitrogens with one attached hydrogen (secondary N) is 1. The number of benzene rings is 1. The summed E-state index contributed by atoms with van der Waals surface area (Å²) in [6, 6.07) is 12.3. The molecule has 2 rings (SSSR count). The maximum atomic E-state index is 4.19. The Morgan fingerprint density at radius 3 is 2.48 bits per heavy atom. The monoisotopic (exact) mass is 306 g/mol. The fraction of sp³-hybridized carbons (Fsp3) is 0.143. The molecule has 0 amide bonds. The lowest BCUT2D eigenvalue weighted by Gasteiger charge is -2.05. The van der Waals surface area contributed by atoms with Crippen molar-refractivity contribution < 1.29 is 1.43 Å². The van der Waals surface area contributed by atoms with Crippen LogP contribution in [0.25, 0.3) is 18.3 Å². The van der Waals surface area contributed by atoms with Gasteiger partial charge in [-0.05, 0) is 60.6 Å². The fourth-order valence-corrected chi connectivity index (χ4v) is 2.18. The van der Waals surface area contributed by atoms with Gasteiger partial charge >= 0.3 is 0 Å². The highest BCUT2D eigenvalue weighted by Gasteiger charge is 2.00. The van der Waals surface area contributed by atoms with Gasteiger partial charge in [0.25, 0.3) is 0 Å². The van der Waals surface area contributed by atoms with E-state index in [0.717, 1.165) is 33.1 Å². The molecule has 0 saturated carbocycles. The summed E-state index contributed by atoms with van der Waals surface area (Å²) in [6.07, 6.45) is 8.25. The molecule has 2 nitrogen and oxygen atoms in total. The van der Waals surface area contributed by atoms with Gasteiger partial charge in [0.1, 0.15) is 0 Å². The maximum absolute atomic E-state index is 4.19. The Morgan fingerprint density at radius 2 is 1.83 bits per heavy atom. The fourth-order valence-electron chi connectivity index (χ4n) is 2.18. The van der Waals surface area contributed by atoms with Gasteiger partial charge in [0.05, 0.1) is 5.35 Å². The minimum atomic E-state index is 0. The number of hydrogen-bond donors (Lipinski definition) is 1. The molecule has 0 aliphatic rings. The van der Waals surface area contributed by atoms with Gasteiger partial charge < -0.3 is 9.88 Å². The minimum Gasteiger partial charge on any atom is -0.392 e. The topological polar surface area (TPSA) is 17.0 Å². The molecule has 0 bridgehead atoms. The molecule has 0 saturated heterocycles. The highest BCUT2D eigenvalue weighted by atomic mass is 15.0. The van der Waals surface area contributed by atoms with Crippen LogP contribution in [0.15, 0.2) is 78.2 Å². The van der Waals surface area contributed by atoms with Crippen molar-refractivity contribution in [2.45, 2.75) is 13.8 Å². The molecule has 0 spiro atoms. The summed E-state index contributed by atoms with van der Waals surface area (Å²) >= 11 is 0. The standard InChI is InChI=1S/C21H24N2.H2/c1-16(11-12-19(4)22-5)18(3)15-21-17(2)13-14-23(21)20-9-7-6-8-10-20;/h6-15,22H,2-3H2,1,4-5H3;1H/b16-11+,19-12+,21-15+;. The van der Waals surface area contributed by atoms with Gasteiger partial charge in [-0.3, -0.25) is 0 Å².